The number of thioether (sulfide) groups is 1. The summed E-state index contributed by atoms with van der Waals surface area (Å²) in [5.74, 6) is -0.0248. The summed E-state index contributed by atoms with van der Waals surface area (Å²) in [4.78, 5) is 25.8. The van der Waals surface area contributed by atoms with Crippen LogP contribution in [0.4, 0.5) is 0 Å². The van der Waals surface area contributed by atoms with Crippen molar-refractivity contribution in [1.29, 1.82) is 0 Å². The van der Waals surface area contributed by atoms with Crippen LogP contribution in [0.25, 0.3) is 10.9 Å². The van der Waals surface area contributed by atoms with E-state index in [1.165, 1.54) is 11.8 Å². The van der Waals surface area contributed by atoms with Crippen LogP contribution in [0.2, 0.25) is 0 Å². The number of amides is 1. The van der Waals surface area contributed by atoms with Crippen molar-refractivity contribution in [2.75, 3.05) is 5.75 Å². The van der Waals surface area contributed by atoms with Gasteiger partial charge in [-0.2, -0.15) is 11.8 Å². The summed E-state index contributed by atoms with van der Waals surface area (Å²) in [5, 5.41) is 12.4. The Morgan fingerprint density at radius 1 is 1.48 bits per heavy atom. The Morgan fingerprint density at radius 2 is 2.24 bits per heavy atom. The number of carboxylic acid groups (broad SMARTS) is 1. The molecule has 1 unspecified atom stereocenters. The summed E-state index contributed by atoms with van der Waals surface area (Å²) in [6.45, 7) is 1.94. The third kappa shape index (κ3) is 3.95. The van der Waals surface area contributed by atoms with Crippen LogP contribution in [0.3, 0.4) is 0 Å². The molecule has 21 heavy (non-hydrogen) atoms. The van der Waals surface area contributed by atoms with E-state index in [9.17, 15) is 9.59 Å². The highest BCUT2D eigenvalue weighted by Gasteiger charge is 2.16. The zero-order valence-corrected chi connectivity index (χ0v) is 12.4. The molecule has 0 aliphatic heterocycles. The average Bonchev–Trinajstić information content (AvgIpc) is 2.45. The highest BCUT2D eigenvalue weighted by atomic mass is 32.2. The van der Waals surface area contributed by atoms with Gasteiger partial charge in [0, 0.05) is 22.6 Å². The molecule has 0 radical (unpaired) electrons. The first-order valence-electron chi connectivity index (χ1n) is 6.47. The van der Waals surface area contributed by atoms with Crippen LogP contribution in [0.5, 0.6) is 0 Å². The van der Waals surface area contributed by atoms with Gasteiger partial charge in [0.25, 0.3) is 0 Å². The summed E-state index contributed by atoms with van der Waals surface area (Å²) in [6, 6.07) is 9.03. The lowest BCUT2D eigenvalue weighted by atomic mass is 10.1. The first kappa shape index (κ1) is 15.3. The van der Waals surface area contributed by atoms with Crippen molar-refractivity contribution >= 4 is 35.0 Å². The number of benzene rings is 1. The number of para-hydroxylation sites is 1. The average molecular weight is 304 g/mol. The van der Waals surface area contributed by atoms with Crippen LogP contribution in [-0.2, 0) is 15.3 Å². The Kier molecular flexibility index (Phi) is 5.16. The van der Waals surface area contributed by atoms with Gasteiger partial charge in [0.2, 0.25) is 6.41 Å². The van der Waals surface area contributed by atoms with Crippen LogP contribution < -0.4 is 5.32 Å². The van der Waals surface area contributed by atoms with Gasteiger partial charge in [-0.25, -0.2) is 4.79 Å². The van der Waals surface area contributed by atoms with E-state index in [4.69, 9.17) is 5.11 Å². The van der Waals surface area contributed by atoms with Crippen LogP contribution in [0.15, 0.2) is 30.3 Å². The minimum absolute atomic E-state index is 0.323. The highest BCUT2D eigenvalue weighted by Crippen LogP contribution is 2.23. The van der Waals surface area contributed by atoms with E-state index >= 15 is 0 Å². The van der Waals surface area contributed by atoms with Crippen molar-refractivity contribution in [1.82, 2.24) is 10.3 Å². The molecule has 0 fully saturated rings. The number of hydrogen-bond donors (Lipinski definition) is 2. The standard InChI is InChI=1S/C15H16N2O3S/c1-10-6-11(12-4-2-3-5-13(12)17-10)7-21-8-14(15(19)20)16-9-18/h2-6,9,14H,7-8H2,1H3,(H,16,18)(H,19,20). The van der Waals surface area contributed by atoms with E-state index in [1.54, 1.807) is 0 Å². The molecule has 1 aromatic heterocycles. The van der Waals surface area contributed by atoms with Gasteiger partial charge in [0.15, 0.2) is 0 Å². The van der Waals surface area contributed by atoms with Crippen LogP contribution in [-0.4, -0.2) is 34.3 Å². The summed E-state index contributed by atoms with van der Waals surface area (Å²) in [6.07, 6.45) is 0.422. The zero-order valence-electron chi connectivity index (χ0n) is 11.6. The third-order valence-electron chi connectivity index (χ3n) is 3.04. The summed E-state index contributed by atoms with van der Waals surface area (Å²) in [5.41, 5.74) is 3.00. The number of carbonyl (C=O) groups excluding carboxylic acids is 1. The van der Waals surface area contributed by atoms with Crippen molar-refractivity contribution in [3.8, 4) is 0 Å². The van der Waals surface area contributed by atoms with Crippen molar-refractivity contribution in [3.05, 3.63) is 41.6 Å². The zero-order chi connectivity index (χ0) is 15.2. The van der Waals surface area contributed by atoms with Crippen LogP contribution >= 0.6 is 11.8 Å². The molecule has 2 aromatic rings. The second kappa shape index (κ2) is 7.08. The highest BCUT2D eigenvalue weighted by molar-refractivity contribution is 7.98. The molecule has 1 amide bonds. The minimum Gasteiger partial charge on any atom is -0.480 e. The molecule has 1 atom stereocenters. The molecule has 5 nitrogen and oxygen atoms in total. The number of pyridine rings is 1. The smallest absolute Gasteiger partial charge is 0.327 e. The Bertz CT molecular complexity index is 660. The fourth-order valence-electron chi connectivity index (χ4n) is 2.07. The lowest BCUT2D eigenvalue weighted by molar-refractivity contribution is -0.139. The summed E-state index contributed by atoms with van der Waals surface area (Å²) in [7, 11) is 0. The molecule has 0 spiro atoms. The molecule has 0 saturated heterocycles. The number of aliphatic carboxylic acids is 1. The van der Waals surface area contributed by atoms with Crippen molar-refractivity contribution in [2.45, 2.75) is 18.7 Å². The van der Waals surface area contributed by atoms with Crippen LogP contribution in [0.1, 0.15) is 11.3 Å². The molecule has 2 N–H and O–H groups in total. The molecule has 0 bridgehead atoms. The molecule has 1 heterocycles. The maximum absolute atomic E-state index is 11.0. The van der Waals surface area contributed by atoms with E-state index in [0.717, 1.165) is 22.2 Å². The molecular formula is C15H16N2O3S. The Morgan fingerprint density at radius 3 is 2.95 bits per heavy atom. The molecule has 1 aromatic carbocycles. The van der Waals surface area contributed by atoms with Gasteiger partial charge in [-0.1, -0.05) is 18.2 Å². The van der Waals surface area contributed by atoms with E-state index in [1.807, 2.05) is 37.3 Å². The number of aryl methyl sites for hydroxylation is 1. The molecular weight excluding hydrogens is 288 g/mol. The predicted molar refractivity (Wildman–Crippen MR) is 83.3 cm³/mol. The third-order valence-corrected chi connectivity index (χ3v) is 4.12. The van der Waals surface area contributed by atoms with Crippen molar-refractivity contribution in [2.24, 2.45) is 0 Å². The Hall–Kier alpha value is -2.08. The summed E-state index contributed by atoms with van der Waals surface area (Å²) < 4.78 is 0. The van der Waals surface area contributed by atoms with E-state index in [2.05, 4.69) is 10.3 Å². The fraction of sp³-hybridized carbons (Fsp3) is 0.267. The lowest BCUT2D eigenvalue weighted by Crippen LogP contribution is -2.37. The molecule has 6 heteroatoms. The molecule has 0 aliphatic carbocycles. The Balaban J connectivity index is 2.09. The number of nitrogens with zero attached hydrogens (tertiary/aromatic N) is 1. The number of fused-ring (bicyclic) bond motifs is 1. The van der Waals surface area contributed by atoms with Gasteiger partial charge in [0.05, 0.1) is 5.52 Å². The molecule has 2 rings (SSSR count). The quantitative estimate of drug-likeness (QED) is 0.765. The predicted octanol–water partition coefficient (Wildman–Crippen LogP) is 1.98. The molecule has 0 aliphatic rings. The monoisotopic (exact) mass is 304 g/mol. The van der Waals surface area contributed by atoms with Gasteiger partial charge in [-0.3, -0.25) is 9.78 Å². The summed E-state index contributed by atoms with van der Waals surface area (Å²) >= 11 is 1.48. The number of carboxylic acids is 1. The van der Waals surface area contributed by atoms with Gasteiger partial charge >= 0.3 is 5.97 Å². The maximum atomic E-state index is 11.0. The van der Waals surface area contributed by atoms with Crippen molar-refractivity contribution in [3.63, 3.8) is 0 Å². The second-order valence-electron chi connectivity index (χ2n) is 4.63. The number of nitrogens with one attached hydrogen (secondary N) is 1. The normalized spacial score (nSPS) is 12.0. The number of rotatable bonds is 7. The number of hydrogen-bond acceptors (Lipinski definition) is 4. The Labute approximate surface area is 126 Å². The lowest BCUT2D eigenvalue weighted by Gasteiger charge is -2.12. The molecule has 110 valence electrons. The SMILES string of the molecule is Cc1cc(CSCC(NC=O)C(=O)O)c2ccccc2n1. The van der Waals surface area contributed by atoms with Crippen LogP contribution in [0, 0.1) is 6.92 Å². The van der Waals surface area contributed by atoms with E-state index in [-0.39, 0.29) is 0 Å². The molecule has 0 saturated carbocycles. The van der Waals surface area contributed by atoms with Crippen molar-refractivity contribution < 1.29 is 14.7 Å². The van der Waals surface area contributed by atoms with Gasteiger partial charge in [0.1, 0.15) is 6.04 Å². The first-order valence-corrected chi connectivity index (χ1v) is 7.63. The fourth-order valence-corrected chi connectivity index (χ4v) is 3.12. The maximum Gasteiger partial charge on any atom is 0.327 e. The number of aromatic nitrogens is 1. The minimum atomic E-state index is -1.02. The second-order valence-corrected chi connectivity index (χ2v) is 5.66. The van der Waals surface area contributed by atoms with E-state index in [0.29, 0.717) is 17.9 Å². The van der Waals surface area contributed by atoms with Gasteiger partial charge < -0.3 is 10.4 Å². The first-order chi connectivity index (χ1) is 10.1. The van der Waals surface area contributed by atoms with E-state index < -0.39 is 12.0 Å². The van der Waals surface area contributed by atoms with Gasteiger partial charge in [-0.05, 0) is 24.6 Å². The topological polar surface area (TPSA) is 79.3 Å². The number of carbonyl (C=O) groups is 2. The largest absolute Gasteiger partial charge is 0.480 e. The van der Waals surface area contributed by atoms with Gasteiger partial charge in [-0.15, -0.1) is 0 Å².